The van der Waals surface area contributed by atoms with Gasteiger partial charge in [-0.1, -0.05) is 17.7 Å². The van der Waals surface area contributed by atoms with Gasteiger partial charge in [-0.2, -0.15) is 0 Å². The summed E-state index contributed by atoms with van der Waals surface area (Å²) in [4.78, 5) is 11.5. The number of terminal acetylenes is 1. The second-order valence-corrected chi connectivity index (χ2v) is 3.19. The van der Waals surface area contributed by atoms with Crippen LogP contribution in [0.25, 0.3) is 0 Å². The number of hydrogen-bond acceptors (Lipinski definition) is 1. The van der Waals surface area contributed by atoms with E-state index in [1.54, 1.807) is 0 Å². The summed E-state index contributed by atoms with van der Waals surface area (Å²) in [7, 11) is 0. The molecule has 0 radical (unpaired) electrons. The van der Waals surface area contributed by atoms with Crippen LogP contribution in [0.5, 0.6) is 0 Å². The lowest BCUT2D eigenvalue weighted by Crippen LogP contribution is -2.24. The van der Waals surface area contributed by atoms with Crippen LogP contribution in [-0.4, -0.2) is 12.5 Å². The second-order valence-electron chi connectivity index (χ2n) is 2.81. The summed E-state index contributed by atoms with van der Waals surface area (Å²) in [5.74, 6) is 1.35. The molecular formula is C11H9ClFNO. The van der Waals surface area contributed by atoms with Crippen LogP contribution in [0.1, 0.15) is 16.8 Å². The molecule has 1 amide bonds. The van der Waals surface area contributed by atoms with Gasteiger partial charge in [-0.25, -0.2) is 4.39 Å². The van der Waals surface area contributed by atoms with E-state index in [2.05, 4.69) is 11.2 Å². The normalized spacial score (nSPS) is 9.40. The number of carbonyl (C=O) groups is 1. The maximum Gasteiger partial charge on any atom is 0.252 e. The van der Waals surface area contributed by atoms with Gasteiger partial charge in [0.15, 0.2) is 0 Å². The molecule has 0 unspecified atom stereocenters. The second kappa shape index (κ2) is 5.38. The first-order chi connectivity index (χ1) is 7.16. The SMILES string of the molecule is C#CCCNC(=O)c1cccc(F)c1Cl. The van der Waals surface area contributed by atoms with Gasteiger partial charge < -0.3 is 5.32 Å². The van der Waals surface area contributed by atoms with Crippen LogP contribution in [0.4, 0.5) is 4.39 Å². The molecule has 0 aliphatic carbocycles. The van der Waals surface area contributed by atoms with Crippen molar-refractivity contribution in [2.24, 2.45) is 0 Å². The zero-order valence-electron chi connectivity index (χ0n) is 7.89. The fourth-order valence-corrected chi connectivity index (χ4v) is 1.23. The standard InChI is InChI=1S/C11H9ClFNO/c1-2-3-7-14-11(15)8-5-4-6-9(13)10(8)12/h1,4-6H,3,7H2,(H,14,15). The lowest BCUT2D eigenvalue weighted by molar-refractivity contribution is 0.0954. The van der Waals surface area contributed by atoms with Crippen molar-refractivity contribution in [2.45, 2.75) is 6.42 Å². The molecule has 0 heterocycles. The number of nitrogens with one attached hydrogen (secondary N) is 1. The van der Waals surface area contributed by atoms with E-state index in [1.165, 1.54) is 18.2 Å². The molecule has 78 valence electrons. The Morgan fingerprint density at radius 1 is 1.60 bits per heavy atom. The van der Waals surface area contributed by atoms with Gasteiger partial charge in [-0.15, -0.1) is 12.3 Å². The molecule has 1 rings (SSSR count). The summed E-state index contributed by atoms with van der Waals surface area (Å²) in [6.45, 7) is 0.349. The number of hydrogen-bond donors (Lipinski definition) is 1. The van der Waals surface area contributed by atoms with Gasteiger partial charge in [0.25, 0.3) is 5.91 Å². The van der Waals surface area contributed by atoms with Crippen LogP contribution in [0.15, 0.2) is 18.2 Å². The van der Waals surface area contributed by atoms with E-state index in [0.29, 0.717) is 13.0 Å². The molecule has 0 atom stereocenters. The molecule has 0 saturated heterocycles. The average molecular weight is 226 g/mol. The van der Waals surface area contributed by atoms with E-state index in [4.69, 9.17) is 18.0 Å². The molecule has 0 saturated carbocycles. The first-order valence-electron chi connectivity index (χ1n) is 4.32. The first-order valence-corrected chi connectivity index (χ1v) is 4.70. The summed E-state index contributed by atoms with van der Waals surface area (Å²) < 4.78 is 13.0. The fraction of sp³-hybridized carbons (Fsp3) is 0.182. The number of halogens is 2. The molecule has 0 aliphatic heterocycles. The van der Waals surface area contributed by atoms with Gasteiger partial charge in [0, 0.05) is 13.0 Å². The number of carbonyl (C=O) groups excluding carboxylic acids is 1. The predicted octanol–water partition coefficient (Wildman–Crippen LogP) is 2.23. The van der Waals surface area contributed by atoms with Crippen molar-refractivity contribution in [3.63, 3.8) is 0 Å². The summed E-state index contributed by atoms with van der Waals surface area (Å²) in [5, 5.41) is 2.36. The Morgan fingerprint density at radius 3 is 3.00 bits per heavy atom. The van der Waals surface area contributed by atoms with Gasteiger partial charge in [-0.3, -0.25) is 4.79 Å². The van der Waals surface area contributed by atoms with E-state index < -0.39 is 11.7 Å². The van der Waals surface area contributed by atoms with E-state index >= 15 is 0 Å². The largest absolute Gasteiger partial charge is 0.351 e. The number of benzene rings is 1. The number of rotatable bonds is 3. The average Bonchev–Trinajstić information content (AvgIpc) is 2.22. The Hall–Kier alpha value is -1.53. The smallest absolute Gasteiger partial charge is 0.252 e. The Labute approximate surface area is 92.4 Å². The summed E-state index contributed by atoms with van der Waals surface area (Å²) in [6, 6.07) is 4.08. The minimum Gasteiger partial charge on any atom is -0.351 e. The minimum atomic E-state index is -0.610. The van der Waals surface area contributed by atoms with Crippen molar-refractivity contribution in [3.05, 3.63) is 34.6 Å². The highest BCUT2D eigenvalue weighted by molar-refractivity contribution is 6.34. The third-order valence-corrected chi connectivity index (χ3v) is 2.14. The first kappa shape index (κ1) is 11.5. The molecule has 15 heavy (non-hydrogen) atoms. The van der Waals surface area contributed by atoms with E-state index in [9.17, 15) is 9.18 Å². The lowest BCUT2D eigenvalue weighted by Gasteiger charge is -2.05. The highest BCUT2D eigenvalue weighted by atomic mass is 35.5. The van der Waals surface area contributed by atoms with Gasteiger partial charge in [0.05, 0.1) is 10.6 Å². The van der Waals surface area contributed by atoms with Crippen molar-refractivity contribution in [1.82, 2.24) is 5.32 Å². The molecule has 0 aliphatic rings. The van der Waals surface area contributed by atoms with E-state index in [0.717, 1.165) is 0 Å². The van der Waals surface area contributed by atoms with Crippen molar-refractivity contribution in [3.8, 4) is 12.3 Å². The Bertz CT molecular complexity index is 412. The zero-order chi connectivity index (χ0) is 11.3. The predicted molar refractivity (Wildman–Crippen MR) is 57.2 cm³/mol. The highest BCUT2D eigenvalue weighted by Crippen LogP contribution is 2.19. The maximum absolute atomic E-state index is 13.0. The van der Waals surface area contributed by atoms with Crippen LogP contribution in [0.3, 0.4) is 0 Å². The van der Waals surface area contributed by atoms with Gasteiger partial charge >= 0.3 is 0 Å². The van der Waals surface area contributed by atoms with E-state index in [1.807, 2.05) is 0 Å². The van der Waals surface area contributed by atoms with Gasteiger partial charge in [-0.05, 0) is 12.1 Å². The van der Waals surface area contributed by atoms with Crippen molar-refractivity contribution in [2.75, 3.05) is 6.54 Å². The highest BCUT2D eigenvalue weighted by Gasteiger charge is 2.12. The molecule has 0 bridgehead atoms. The monoisotopic (exact) mass is 225 g/mol. The molecule has 1 aromatic carbocycles. The van der Waals surface area contributed by atoms with Gasteiger partial charge in [0.2, 0.25) is 0 Å². The number of amides is 1. The van der Waals surface area contributed by atoms with Crippen LogP contribution in [-0.2, 0) is 0 Å². The molecular weight excluding hydrogens is 217 g/mol. The fourth-order valence-electron chi connectivity index (χ4n) is 1.02. The zero-order valence-corrected chi connectivity index (χ0v) is 8.64. The van der Waals surface area contributed by atoms with Crippen LogP contribution in [0.2, 0.25) is 5.02 Å². The quantitative estimate of drug-likeness (QED) is 0.620. The molecule has 1 N–H and O–H groups in total. The molecule has 0 aromatic heterocycles. The van der Waals surface area contributed by atoms with Crippen LogP contribution in [0, 0.1) is 18.2 Å². The van der Waals surface area contributed by atoms with Crippen molar-refractivity contribution >= 4 is 17.5 Å². The molecule has 1 aromatic rings. The Morgan fingerprint density at radius 2 is 2.33 bits per heavy atom. The summed E-state index contributed by atoms with van der Waals surface area (Å²) in [6.07, 6.45) is 5.45. The minimum absolute atomic E-state index is 0.119. The third-order valence-electron chi connectivity index (χ3n) is 1.75. The lowest BCUT2D eigenvalue weighted by atomic mass is 10.2. The molecule has 0 fully saturated rings. The maximum atomic E-state index is 13.0. The van der Waals surface area contributed by atoms with Crippen molar-refractivity contribution in [1.29, 1.82) is 0 Å². The molecule has 0 spiro atoms. The van der Waals surface area contributed by atoms with Crippen molar-refractivity contribution < 1.29 is 9.18 Å². The van der Waals surface area contributed by atoms with Gasteiger partial charge in [0.1, 0.15) is 5.82 Å². The third kappa shape index (κ3) is 2.97. The van der Waals surface area contributed by atoms with E-state index in [-0.39, 0.29) is 10.6 Å². The summed E-state index contributed by atoms with van der Waals surface area (Å²) >= 11 is 5.62. The van der Waals surface area contributed by atoms with Crippen LogP contribution >= 0.6 is 11.6 Å². The molecule has 4 heteroatoms. The molecule has 2 nitrogen and oxygen atoms in total. The Balaban J connectivity index is 2.75. The summed E-state index contributed by atoms with van der Waals surface area (Å²) in [5.41, 5.74) is 0.119. The topological polar surface area (TPSA) is 29.1 Å². The Kier molecular flexibility index (Phi) is 4.14. The van der Waals surface area contributed by atoms with Crippen LogP contribution < -0.4 is 5.32 Å².